The first-order chi connectivity index (χ1) is 8.08. The maximum Gasteiger partial charge on any atom is 0.313 e. The first-order valence-corrected chi connectivity index (χ1v) is 6.16. The third-order valence-electron chi connectivity index (χ3n) is 3.42. The van der Waals surface area contributed by atoms with Crippen molar-refractivity contribution in [3.63, 3.8) is 0 Å². The number of aliphatic carboxylic acids is 1. The number of carboxylic acid groups (broad SMARTS) is 1. The summed E-state index contributed by atoms with van der Waals surface area (Å²) in [4.78, 5) is 19.6. The van der Waals surface area contributed by atoms with Crippen LogP contribution >= 0.6 is 0 Å². The summed E-state index contributed by atoms with van der Waals surface area (Å²) in [5.41, 5.74) is 1.89. The summed E-state index contributed by atoms with van der Waals surface area (Å²) in [6.07, 6.45) is 4.82. The lowest BCUT2D eigenvalue weighted by molar-refractivity contribution is -0.138. The molecule has 0 radical (unpaired) electrons. The number of hydrogen-bond donors (Lipinski definition) is 1. The van der Waals surface area contributed by atoms with Gasteiger partial charge in [0.1, 0.15) is 11.7 Å². The summed E-state index contributed by atoms with van der Waals surface area (Å²) in [7, 11) is 0. The second kappa shape index (κ2) is 4.82. The van der Waals surface area contributed by atoms with Crippen LogP contribution in [0.5, 0.6) is 0 Å². The fourth-order valence-electron chi connectivity index (χ4n) is 2.35. The van der Waals surface area contributed by atoms with Crippen molar-refractivity contribution in [2.75, 3.05) is 0 Å². The van der Waals surface area contributed by atoms with E-state index in [9.17, 15) is 4.79 Å². The van der Waals surface area contributed by atoms with Crippen molar-refractivity contribution in [2.24, 2.45) is 0 Å². The molecule has 1 saturated carbocycles. The topological polar surface area (TPSA) is 63.1 Å². The highest BCUT2D eigenvalue weighted by Crippen LogP contribution is 2.33. The molecular formula is C13H18N2O2. The smallest absolute Gasteiger partial charge is 0.313 e. The van der Waals surface area contributed by atoms with Gasteiger partial charge in [0.2, 0.25) is 0 Å². The quantitative estimate of drug-likeness (QED) is 0.873. The number of nitrogens with zero attached hydrogens (tertiary/aromatic N) is 2. The molecule has 0 bridgehead atoms. The lowest BCUT2D eigenvalue weighted by Gasteiger charge is -2.12. The van der Waals surface area contributed by atoms with Gasteiger partial charge in [-0.05, 0) is 32.8 Å². The molecule has 17 heavy (non-hydrogen) atoms. The van der Waals surface area contributed by atoms with Crippen molar-refractivity contribution < 1.29 is 9.90 Å². The predicted octanol–water partition coefficient (Wildman–Crippen LogP) is 2.63. The second-order valence-electron chi connectivity index (χ2n) is 4.83. The van der Waals surface area contributed by atoms with Gasteiger partial charge >= 0.3 is 5.97 Å². The molecule has 1 N–H and O–H groups in total. The molecule has 0 aliphatic heterocycles. The molecule has 1 aliphatic rings. The van der Waals surface area contributed by atoms with Gasteiger partial charge in [-0.25, -0.2) is 9.97 Å². The van der Waals surface area contributed by atoms with Gasteiger partial charge in [-0.1, -0.05) is 12.8 Å². The Kier molecular flexibility index (Phi) is 3.41. The Balaban J connectivity index is 2.31. The lowest BCUT2D eigenvalue weighted by atomic mass is 10.0. The molecule has 0 aromatic carbocycles. The summed E-state index contributed by atoms with van der Waals surface area (Å²) in [6, 6.07) is 1.99. The van der Waals surface area contributed by atoms with Gasteiger partial charge < -0.3 is 5.11 Å². The normalized spacial score (nSPS) is 18.2. The molecule has 1 aromatic heterocycles. The Bertz CT molecular complexity index is 425. The maximum atomic E-state index is 11.0. The Morgan fingerprint density at radius 1 is 1.41 bits per heavy atom. The number of carbonyl (C=O) groups is 1. The van der Waals surface area contributed by atoms with E-state index in [1.54, 1.807) is 6.92 Å². The largest absolute Gasteiger partial charge is 0.481 e. The number of aromatic nitrogens is 2. The molecule has 0 amide bonds. The summed E-state index contributed by atoms with van der Waals surface area (Å²) < 4.78 is 0. The van der Waals surface area contributed by atoms with Crippen LogP contribution in [0.25, 0.3) is 0 Å². The number of aryl methyl sites for hydroxylation is 1. The summed E-state index contributed by atoms with van der Waals surface area (Å²) in [5.74, 6) is -0.557. The Morgan fingerprint density at radius 2 is 2.06 bits per heavy atom. The minimum absolute atomic E-state index is 0.444. The van der Waals surface area contributed by atoms with Crippen molar-refractivity contribution in [2.45, 2.75) is 51.4 Å². The van der Waals surface area contributed by atoms with E-state index in [0.717, 1.165) is 24.2 Å². The van der Waals surface area contributed by atoms with Gasteiger partial charge in [0.15, 0.2) is 0 Å². The van der Waals surface area contributed by atoms with Crippen LogP contribution in [0, 0.1) is 6.92 Å². The molecule has 1 heterocycles. The van der Waals surface area contributed by atoms with Gasteiger partial charge in [-0.3, -0.25) is 4.79 Å². The number of rotatable bonds is 3. The van der Waals surface area contributed by atoms with E-state index in [0.29, 0.717) is 11.7 Å². The molecule has 0 spiro atoms. The molecule has 4 nitrogen and oxygen atoms in total. The van der Waals surface area contributed by atoms with Crippen LogP contribution in [0.4, 0.5) is 0 Å². The van der Waals surface area contributed by atoms with Crippen LogP contribution in [0.3, 0.4) is 0 Å². The van der Waals surface area contributed by atoms with E-state index in [4.69, 9.17) is 5.11 Å². The van der Waals surface area contributed by atoms with E-state index < -0.39 is 11.9 Å². The van der Waals surface area contributed by atoms with E-state index in [2.05, 4.69) is 9.97 Å². The zero-order chi connectivity index (χ0) is 12.4. The molecule has 1 aliphatic carbocycles. The fraction of sp³-hybridized carbons (Fsp3) is 0.615. The highest BCUT2D eigenvalue weighted by molar-refractivity contribution is 5.74. The minimum atomic E-state index is -0.868. The number of hydrogen-bond acceptors (Lipinski definition) is 3. The summed E-state index contributed by atoms with van der Waals surface area (Å²) in [6.45, 7) is 3.54. The molecule has 92 valence electrons. The molecule has 2 rings (SSSR count). The van der Waals surface area contributed by atoms with Crippen LogP contribution in [-0.2, 0) is 4.79 Å². The van der Waals surface area contributed by atoms with E-state index in [-0.39, 0.29) is 0 Å². The van der Waals surface area contributed by atoms with Crippen molar-refractivity contribution in [3.8, 4) is 0 Å². The van der Waals surface area contributed by atoms with E-state index in [1.165, 1.54) is 12.8 Å². The molecule has 4 heteroatoms. The number of carboxylic acids is 1. The first-order valence-electron chi connectivity index (χ1n) is 6.16. The zero-order valence-electron chi connectivity index (χ0n) is 10.3. The fourth-order valence-corrected chi connectivity index (χ4v) is 2.35. The standard InChI is InChI=1S/C13H18N2O2/c1-8-7-11(10-5-3-4-6-10)15-12(14-8)9(2)13(16)17/h7,9-10H,3-6H2,1-2H3,(H,16,17). The predicted molar refractivity (Wildman–Crippen MR) is 64.0 cm³/mol. The van der Waals surface area contributed by atoms with Gasteiger partial charge in [0.05, 0.1) is 0 Å². The van der Waals surface area contributed by atoms with E-state index >= 15 is 0 Å². The zero-order valence-corrected chi connectivity index (χ0v) is 10.3. The molecule has 1 aromatic rings. The Morgan fingerprint density at radius 3 is 2.65 bits per heavy atom. The monoisotopic (exact) mass is 234 g/mol. The van der Waals surface area contributed by atoms with Crippen LogP contribution in [0.2, 0.25) is 0 Å². The van der Waals surface area contributed by atoms with Gasteiger partial charge in [0, 0.05) is 17.3 Å². The molecular weight excluding hydrogens is 216 g/mol. The van der Waals surface area contributed by atoms with E-state index in [1.807, 2.05) is 13.0 Å². The minimum Gasteiger partial charge on any atom is -0.481 e. The Labute approximate surface area is 101 Å². The highest BCUT2D eigenvalue weighted by Gasteiger charge is 2.22. The van der Waals surface area contributed by atoms with Crippen LogP contribution < -0.4 is 0 Å². The van der Waals surface area contributed by atoms with Crippen molar-refractivity contribution in [1.29, 1.82) is 0 Å². The SMILES string of the molecule is Cc1cc(C2CCCC2)nc(C(C)C(=O)O)n1. The summed E-state index contributed by atoms with van der Waals surface area (Å²) in [5, 5.41) is 9.00. The third-order valence-corrected chi connectivity index (χ3v) is 3.42. The van der Waals surface area contributed by atoms with Gasteiger partial charge in [-0.15, -0.1) is 0 Å². The Hall–Kier alpha value is -1.45. The average Bonchev–Trinajstić information content (AvgIpc) is 2.80. The van der Waals surface area contributed by atoms with Gasteiger partial charge in [0.25, 0.3) is 0 Å². The first kappa shape index (κ1) is 12.0. The average molecular weight is 234 g/mol. The lowest BCUT2D eigenvalue weighted by Crippen LogP contribution is -2.14. The van der Waals surface area contributed by atoms with Crippen molar-refractivity contribution in [1.82, 2.24) is 9.97 Å². The third kappa shape index (κ3) is 2.62. The van der Waals surface area contributed by atoms with Crippen LogP contribution in [0.1, 0.15) is 61.7 Å². The molecule has 1 fully saturated rings. The van der Waals surface area contributed by atoms with Crippen LogP contribution in [0.15, 0.2) is 6.07 Å². The molecule has 0 saturated heterocycles. The molecule has 1 unspecified atom stereocenters. The van der Waals surface area contributed by atoms with Crippen molar-refractivity contribution in [3.05, 3.63) is 23.3 Å². The van der Waals surface area contributed by atoms with Crippen molar-refractivity contribution >= 4 is 5.97 Å². The van der Waals surface area contributed by atoms with Gasteiger partial charge in [-0.2, -0.15) is 0 Å². The molecule has 1 atom stereocenters. The highest BCUT2D eigenvalue weighted by atomic mass is 16.4. The second-order valence-corrected chi connectivity index (χ2v) is 4.83. The maximum absolute atomic E-state index is 11.0. The summed E-state index contributed by atoms with van der Waals surface area (Å²) >= 11 is 0. The van der Waals surface area contributed by atoms with Crippen LogP contribution in [-0.4, -0.2) is 21.0 Å².